The maximum absolute atomic E-state index is 11.5. The summed E-state index contributed by atoms with van der Waals surface area (Å²) in [6.45, 7) is 10.6. The van der Waals surface area contributed by atoms with Gasteiger partial charge in [-0.3, -0.25) is 15.1 Å². The van der Waals surface area contributed by atoms with Crippen LogP contribution in [0.5, 0.6) is 5.75 Å². The Labute approximate surface area is 273 Å². The molecule has 0 saturated carbocycles. The van der Waals surface area contributed by atoms with Gasteiger partial charge in [0, 0.05) is 42.4 Å². The molecule has 2 saturated heterocycles. The number of aromatic nitrogens is 2. The number of thiocarbonyl (C=S) groups is 1. The zero-order valence-electron chi connectivity index (χ0n) is 26.0. The summed E-state index contributed by atoms with van der Waals surface area (Å²) in [6, 6.07) is 18.4. The third kappa shape index (κ3) is 5.73. The van der Waals surface area contributed by atoms with E-state index in [4.69, 9.17) is 33.5 Å². The number of ether oxygens (including phenoxy) is 1. The molecule has 0 bridgehead atoms. The first kappa shape index (κ1) is 30.9. The van der Waals surface area contributed by atoms with Gasteiger partial charge in [-0.1, -0.05) is 31.5 Å². The van der Waals surface area contributed by atoms with E-state index in [-0.39, 0.29) is 17.8 Å². The fourth-order valence-corrected chi connectivity index (χ4v) is 7.77. The van der Waals surface area contributed by atoms with Crippen LogP contribution in [0.4, 0.5) is 17.1 Å². The Morgan fingerprint density at radius 2 is 1.78 bits per heavy atom. The number of methoxy groups -OCH3 is 1. The lowest BCUT2D eigenvalue weighted by atomic mass is 9.91. The molecular weight excluding hydrogens is 608 g/mol. The molecule has 0 amide bonds. The number of piperidine rings is 1. The average molecular weight is 645 g/mol. The summed E-state index contributed by atoms with van der Waals surface area (Å²) in [4.78, 5) is 20.3. The van der Waals surface area contributed by atoms with Gasteiger partial charge in [-0.2, -0.15) is 0 Å². The molecule has 2 fully saturated rings. The Hall–Kier alpha value is -4.15. The topological polar surface area (TPSA) is 88.7 Å². The van der Waals surface area contributed by atoms with E-state index in [1.54, 1.807) is 12.3 Å². The van der Waals surface area contributed by atoms with E-state index in [2.05, 4.69) is 51.7 Å². The second kappa shape index (κ2) is 12.3. The summed E-state index contributed by atoms with van der Waals surface area (Å²) in [6.07, 6.45) is 3.01. The molecular formula is C34H37ClN6O3S. The Kier molecular flexibility index (Phi) is 8.45. The van der Waals surface area contributed by atoms with E-state index in [9.17, 15) is 10.1 Å². The van der Waals surface area contributed by atoms with Crippen molar-refractivity contribution in [2.24, 2.45) is 11.8 Å². The Balaban J connectivity index is 1.45. The summed E-state index contributed by atoms with van der Waals surface area (Å²) in [5.41, 5.74) is 6.43. The summed E-state index contributed by atoms with van der Waals surface area (Å²) in [5.74, 6) is 1.63. The highest BCUT2D eigenvalue weighted by Gasteiger charge is 2.42. The second-order valence-corrected chi connectivity index (χ2v) is 13.1. The molecule has 0 spiro atoms. The normalized spacial score (nSPS) is 21.6. The second-order valence-electron chi connectivity index (χ2n) is 12.3. The zero-order chi connectivity index (χ0) is 32.0. The number of non-ortho nitro benzene ring substituents is 1. The number of aryl methyl sites for hydroxylation is 1. The number of benzene rings is 2. The van der Waals surface area contributed by atoms with Gasteiger partial charge in [0.1, 0.15) is 5.75 Å². The molecule has 0 unspecified atom stereocenters. The van der Waals surface area contributed by atoms with Crippen molar-refractivity contribution < 1.29 is 9.66 Å². The van der Waals surface area contributed by atoms with Gasteiger partial charge in [0.15, 0.2) is 5.11 Å². The first-order valence-electron chi connectivity index (χ1n) is 15.1. The number of hydrogen-bond acceptors (Lipinski definition) is 6. The number of nitro benzene ring substituents is 1. The minimum absolute atomic E-state index is 0.0289. The van der Waals surface area contributed by atoms with Gasteiger partial charge in [0.05, 0.1) is 52.3 Å². The SMILES string of the molecule is COc1cc([N+](=O)[O-])ccc1-n1c(C)cc([C@@H]2[C@H](c3ccccn3)NC(=S)N2c2ccc(N3C[C@H](C)C[C@@H](C)C3)c(Cl)c2)c1C. The molecule has 4 heterocycles. The first-order valence-corrected chi connectivity index (χ1v) is 15.9. The van der Waals surface area contributed by atoms with Crippen molar-refractivity contribution in [2.75, 3.05) is 30.0 Å². The molecule has 6 rings (SSSR count). The highest BCUT2D eigenvalue weighted by molar-refractivity contribution is 7.80. The van der Waals surface area contributed by atoms with Gasteiger partial charge in [-0.25, -0.2) is 0 Å². The van der Waals surface area contributed by atoms with Gasteiger partial charge < -0.3 is 24.4 Å². The molecule has 45 heavy (non-hydrogen) atoms. The van der Waals surface area contributed by atoms with Crippen molar-refractivity contribution in [3.05, 3.63) is 105 Å². The van der Waals surface area contributed by atoms with Crippen molar-refractivity contribution in [2.45, 2.75) is 46.2 Å². The van der Waals surface area contributed by atoms with Crippen LogP contribution in [0.25, 0.3) is 5.69 Å². The Morgan fingerprint density at radius 1 is 1.04 bits per heavy atom. The largest absolute Gasteiger partial charge is 0.494 e. The molecule has 2 aromatic carbocycles. The Bertz CT molecular complexity index is 1750. The zero-order valence-corrected chi connectivity index (χ0v) is 27.6. The van der Waals surface area contributed by atoms with Crippen LogP contribution in [0, 0.1) is 35.8 Å². The predicted octanol–water partition coefficient (Wildman–Crippen LogP) is 7.72. The van der Waals surface area contributed by atoms with E-state index in [0.717, 1.165) is 52.8 Å². The minimum Gasteiger partial charge on any atom is -0.494 e. The van der Waals surface area contributed by atoms with Crippen LogP contribution in [-0.2, 0) is 0 Å². The maximum atomic E-state index is 11.5. The number of nitrogens with zero attached hydrogens (tertiary/aromatic N) is 5. The van der Waals surface area contributed by atoms with Crippen LogP contribution < -0.4 is 19.9 Å². The maximum Gasteiger partial charge on any atom is 0.273 e. The van der Waals surface area contributed by atoms with E-state index < -0.39 is 4.92 Å². The first-order chi connectivity index (χ1) is 21.6. The lowest BCUT2D eigenvalue weighted by molar-refractivity contribution is -0.384. The molecule has 0 aliphatic carbocycles. The van der Waals surface area contributed by atoms with Gasteiger partial charge in [-0.05, 0) is 92.4 Å². The average Bonchev–Trinajstić information content (AvgIpc) is 3.50. The van der Waals surface area contributed by atoms with Gasteiger partial charge in [-0.15, -0.1) is 0 Å². The number of nitrogens with one attached hydrogen (secondary N) is 1. The van der Waals surface area contributed by atoms with Crippen molar-refractivity contribution in [1.82, 2.24) is 14.9 Å². The minimum atomic E-state index is -0.420. The van der Waals surface area contributed by atoms with Gasteiger partial charge in [0.25, 0.3) is 5.69 Å². The van der Waals surface area contributed by atoms with E-state index in [1.807, 2.05) is 38.1 Å². The molecule has 11 heteroatoms. The molecule has 2 aliphatic heterocycles. The molecule has 4 atom stereocenters. The standard InChI is InChI=1S/C34H37ClN6O3S/c1-20-14-21(2)19-38(18-20)29-11-9-24(16-27(29)35)40-33(32(37-34(40)45)28-8-6-7-13-36-28)26-15-22(3)39(23(26)4)30-12-10-25(41(42)43)17-31(30)44-5/h6-13,15-17,20-21,32-33H,14,18-19H2,1-5H3,(H,37,45)/t20-,21-,32+,33-/m1/s1. The third-order valence-electron chi connectivity index (χ3n) is 8.92. The summed E-state index contributed by atoms with van der Waals surface area (Å²) in [7, 11) is 1.52. The summed E-state index contributed by atoms with van der Waals surface area (Å²) >= 11 is 13.0. The highest BCUT2D eigenvalue weighted by atomic mass is 35.5. The number of hydrogen-bond donors (Lipinski definition) is 1. The third-order valence-corrected chi connectivity index (χ3v) is 9.54. The molecule has 1 N–H and O–H groups in total. The number of pyridine rings is 1. The van der Waals surface area contributed by atoms with Crippen LogP contribution in [0.15, 0.2) is 66.9 Å². The smallest absolute Gasteiger partial charge is 0.273 e. The summed E-state index contributed by atoms with van der Waals surface area (Å²) in [5, 5.41) is 16.3. The van der Waals surface area contributed by atoms with Crippen molar-refractivity contribution in [3.8, 4) is 11.4 Å². The lowest BCUT2D eigenvalue weighted by Gasteiger charge is -2.37. The van der Waals surface area contributed by atoms with Crippen molar-refractivity contribution in [3.63, 3.8) is 0 Å². The van der Waals surface area contributed by atoms with Crippen LogP contribution in [0.3, 0.4) is 0 Å². The number of halogens is 1. The molecule has 0 radical (unpaired) electrons. The van der Waals surface area contributed by atoms with Crippen LogP contribution >= 0.6 is 23.8 Å². The molecule has 4 aromatic rings. The van der Waals surface area contributed by atoms with Crippen molar-refractivity contribution in [1.29, 1.82) is 0 Å². The van der Waals surface area contributed by atoms with Gasteiger partial charge in [0.2, 0.25) is 0 Å². The van der Waals surface area contributed by atoms with Gasteiger partial charge >= 0.3 is 0 Å². The van der Waals surface area contributed by atoms with E-state index in [0.29, 0.717) is 27.7 Å². The molecule has 234 valence electrons. The van der Waals surface area contributed by atoms with E-state index in [1.165, 1.54) is 25.7 Å². The van der Waals surface area contributed by atoms with Crippen LogP contribution in [0.1, 0.15) is 55.0 Å². The fourth-order valence-electron chi connectivity index (χ4n) is 7.13. The number of nitro groups is 1. The fraction of sp³-hybridized carbons (Fsp3) is 0.353. The monoisotopic (exact) mass is 644 g/mol. The lowest BCUT2D eigenvalue weighted by Crippen LogP contribution is -2.38. The van der Waals surface area contributed by atoms with Crippen LogP contribution in [0.2, 0.25) is 5.02 Å². The molecule has 2 aliphatic rings. The molecule has 9 nitrogen and oxygen atoms in total. The van der Waals surface area contributed by atoms with Crippen LogP contribution in [-0.4, -0.2) is 39.8 Å². The predicted molar refractivity (Wildman–Crippen MR) is 183 cm³/mol. The number of rotatable bonds is 7. The van der Waals surface area contributed by atoms with E-state index >= 15 is 0 Å². The molecule has 2 aromatic heterocycles. The Morgan fingerprint density at radius 3 is 2.42 bits per heavy atom. The summed E-state index contributed by atoms with van der Waals surface area (Å²) < 4.78 is 7.69. The van der Waals surface area contributed by atoms with Crippen molar-refractivity contribution >= 4 is 46.0 Å². The quantitative estimate of drug-likeness (QED) is 0.124. The number of anilines is 2. The highest BCUT2D eigenvalue weighted by Crippen LogP contribution is 2.46.